The third kappa shape index (κ3) is 4.92. The molecule has 0 saturated heterocycles. The third-order valence-corrected chi connectivity index (χ3v) is 4.13. The van der Waals surface area contributed by atoms with Gasteiger partial charge in [-0.3, -0.25) is 4.79 Å². The standard InChI is InChI=1S/C18H19F3N6O2/c1-9-3-4-11(15(22)28)5-13(9)26-17-24-6-12(18(19,20)21)16(27-17)23-7-14-25-10(2)8-29-14/h3-6,10H,7-8H2,1-2H3,(H2,22,28)(H2,23,24,26,27). The molecule has 1 aliphatic rings. The Morgan fingerprint density at radius 2 is 2.14 bits per heavy atom. The summed E-state index contributed by atoms with van der Waals surface area (Å²) in [6.45, 7) is 3.94. The number of nitrogens with zero attached hydrogens (tertiary/aromatic N) is 3. The number of carbonyl (C=O) groups excluding carboxylic acids is 1. The smallest absolute Gasteiger partial charge is 0.421 e. The molecule has 1 aliphatic heterocycles. The number of alkyl halides is 3. The van der Waals surface area contributed by atoms with E-state index in [4.69, 9.17) is 10.5 Å². The van der Waals surface area contributed by atoms with Crippen LogP contribution in [0, 0.1) is 6.92 Å². The predicted octanol–water partition coefficient (Wildman–Crippen LogP) is 2.88. The topological polar surface area (TPSA) is 115 Å². The maximum Gasteiger partial charge on any atom is 0.421 e. The second-order valence-electron chi connectivity index (χ2n) is 6.51. The quantitative estimate of drug-likeness (QED) is 0.677. The van der Waals surface area contributed by atoms with Crippen LogP contribution in [0.15, 0.2) is 29.4 Å². The fourth-order valence-corrected chi connectivity index (χ4v) is 2.61. The highest BCUT2D eigenvalue weighted by Crippen LogP contribution is 2.34. The van der Waals surface area contributed by atoms with Gasteiger partial charge in [-0.15, -0.1) is 0 Å². The van der Waals surface area contributed by atoms with Crippen molar-refractivity contribution in [1.82, 2.24) is 9.97 Å². The number of benzene rings is 1. The lowest BCUT2D eigenvalue weighted by Crippen LogP contribution is -2.19. The molecule has 4 N–H and O–H groups in total. The molecule has 29 heavy (non-hydrogen) atoms. The van der Waals surface area contributed by atoms with Gasteiger partial charge in [0.1, 0.15) is 18.0 Å². The van der Waals surface area contributed by atoms with E-state index < -0.39 is 23.5 Å². The van der Waals surface area contributed by atoms with Crippen LogP contribution in [-0.2, 0) is 10.9 Å². The molecule has 3 rings (SSSR count). The lowest BCUT2D eigenvalue weighted by molar-refractivity contribution is -0.137. The van der Waals surface area contributed by atoms with Gasteiger partial charge in [-0.2, -0.15) is 18.2 Å². The zero-order valence-corrected chi connectivity index (χ0v) is 15.7. The predicted molar refractivity (Wildman–Crippen MR) is 101 cm³/mol. The van der Waals surface area contributed by atoms with Crippen LogP contribution in [0.4, 0.5) is 30.6 Å². The number of ether oxygens (including phenoxy) is 1. The van der Waals surface area contributed by atoms with Crippen molar-refractivity contribution in [3.8, 4) is 0 Å². The number of hydrogen-bond acceptors (Lipinski definition) is 7. The highest BCUT2D eigenvalue weighted by molar-refractivity contribution is 5.94. The SMILES string of the molecule is Cc1ccc(C(N)=O)cc1Nc1ncc(C(F)(F)F)c(NCC2=NC(C)CO2)n1. The van der Waals surface area contributed by atoms with Gasteiger partial charge in [0.15, 0.2) is 0 Å². The van der Waals surface area contributed by atoms with Gasteiger partial charge < -0.3 is 21.1 Å². The third-order valence-electron chi connectivity index (χ3n) is 4.13. The fourth-order valence-electron chi connectivity index (χ4n) is 2.61. The van der Waals surface area contributed by atoms with Gasteiger partial charge in [0.05, 0.1) is 12.6 Å². The number of anilines is 3. The van der Waals surface area contributed by atoms with Crippen LogP contribution in [0.2, 0.25) is 0 Å². The number of halogens is 3. The largest absolute Gasteiger partial charge is 0.477 e. The van der Waals surface area contributed by atoms with Gasteiger partial charge in [-0.05, 0) is 31.5 Å². The Bertz CT molecular complexity index is 961. The number of carbonyl (C=O) groups is 1. The van der Waals surface area contributed by atoms with Gasteiger partial charge in [0, 0.05) is 17.4 Å². The molecule has 1 aromatic carbocycles. The Kier molecular flexibility index (Phi) is 5.57. The molecule has 2 heterocycles. The van der Waals surface area contributed by atoms with Crippen LogP contribution in [0.25, 0.3) is 0 Å². The summed E-state index contributed by atoms with van der Waals surface area (Å²) in [6, 6.07) is 4.64. The molecule has 2 aromatic rings. The molecule has 154 valence electrons. The zero-order valence-electron chi connectivity index (χ0n) is 15.7. The summed E-state index contributed by atoms with van der Waals surface area (Å²) >= 11 is 0. The number of nitrogens with one attached hydrogen (secondary N) is 2. The number of aryl methyl sites for hydroxylation is 1. The zero-order chi connectivity index (χ0) is 21.2. The van der Waals surface area contributed by atoms with Gasteiger partial charge >= 0.3 is 6.18 Å². The summed E-state index contributed by atoms with van der Waals surface area (Å²) in [5.41, 5.74) is 5.68. The molecule has 0 saturated carbocycles. The van der Waals surface area contributed by atoms with Crippen molar-refractivity contribution < 1.29 is 22.7 Å². The molecule has 0 aliphatic carbocycles. The summed E-state index contributed by atoms with van der Waals surface area (Å²) in [5.74, 6) is -0.809. The molecule has 0 spiro atoms. The highest BCUT2D eigenvalue weighted by atomic mass is 19.4. The Morgan fingerprint density at radius 3 is 2.76 bits per heavy atom. The first-order valence-electron chi connectivity index (χ1n) is 8.68. The van der Waals surface area contributed by atoms with Gasteiger partial charge in [-0.1, -0.05) is 6.07 Å². The first-order valence-corrected chi connectivity index (χ1v) is 8.68. The Balaban J connectivity index is 1.88. The molecule has 0 radical (unpaired) electrons. The Labute approximate surface area is 164 Å². The summed E-state index contributed by atoms with van der Waals surface area (Å²) in [5, 5.41) is 5.43. The molecular weight excluding hydrogens is 389 g/mol. The van der Waals surface area contributed by atoms with E-state index in [0.29, 0.717) is 24.4 Å². The molecule has 1 aromatic heterocycles. The molecule has 1 unspecified atom stereocenters. The highest BCUT2D eigenvalue weighted by Gasteiger charge is 2.35. The van der Waals surface area contributed by atoms with E-state index in [1.54, 1.807) is 19.1 Å². The van der Waals surface area contributed by atoms with Crippen LogP contribution in [-0.4, -0.2) is 41.0 Å². The second kappa shape index (κ2) is 7.94. The fraction of sp³-hybridized carbons (Fsp3) is 0.333. The van der Waals surface area contributed by atoms with E-state index in [2.05, 4.69) is 25.6 Å². The van der Waals surface area contributed by atoms with Crippen molar-refractivity contribution in [2.45, 2.75) is 26.1 Å². The van der Waals surface area contributed by atoms with E-state index in [0.717, 1.165) is 5.56 Å². The number of primary amides is 1. The average molecular weight is 408 g/mol. The van der Waals surface area contributed by atoms with E-state index in [-0.39, 0.29) is 24.1 Å². The van der Waals surface area contributed by atoms with Gasteiger partial charge in [-0.25, -0.2) is 9.98 Å². The lowest BCUT2D eigenvalue weighted by Gasteiger charge is -2.15. The van der Waals surface area contributed by atoms with E-state index >= 15 is 0 Å². The van der Waals surface area contributed by atoms with E-state index in [1.165, 1.54) is 6.07 Å². The average Bonchev–Trinajstić information content (AvgIpc) is 3.06. The van der Waals surface area contributed by atoms with Crippen molar-refractivity contribution in [2.75, 3.05) is 23.8 Å². The molecule has 0 fully saturated rings. The van der Waals surface area contributed by atoms with Crippen molar-refractivity contribution in [1.29, 1.82) is 0 Å². The minimum absolute atomic E-state index is 0.0416. The Morgan fingerprint density at radius 1 is 1.38 bits per heavy atom. The monoisotopic (exact) mass is 408 g/mol. The normalized spacial score (nSPS) is 16.2. The second-order valence-corrected chi connectivity index (χ2v) is 6.51. The van der Waals surface area contributed by atoms with Gasteiger partial charge in [0.25, 0.3) is 0 Å². The maximum atomic E-state index is 13.3. The van der Waals surface area contributed by atoms with Crippen molar-refractivity contribution in [2.24, 2.45) is 10.7 Å². The van der Waals surface area contributed by atoms with E-state index in [1.807, 2.05) is 6.92 Å². The molecule has 0 bridgehead atoms. The number of aromatic nitrogens is 2. The summed E-state index contributed by atoms with van der Waals surface area (Å²) in [6.07, 6.45) is -3.96. The van der Waals surface area contributed by atoms with Gasteiger partial charge in [0.2, 0.25) is 17.8 Å². The molecule has 11 heteroatoms. The van der Waals surface area contributed by atoms with Crippen LogP contribution in [0.1, 0.15) is 28.4 Å². The van der Waals surface area contributed by atoms with Crippen molar-refractivity contribution in [3.05, 3.63) is 41.1 Å². The Hall–Kier alpha value is -3.37. The molecule has 1 atom stereocenters. The van der Waals surface area contributed by atoms with E-state index in [9.17, 15) is 18.0 Å². The van der Waals surface area contributed by atoms with Crippen LogP contribution in [0.3, 0.4) is 0 Å². The van der Waals surface area contributed by atoms with Crippen LogP contribution in [0.5, 0.6) is 0 Å². The maximum absolute atomic E-state index is 13.3. The first kappa shape index (κ1) is 20.4. The number of rotatable bonds is 6. The van der Waals surface area contributed by atoms with Crippen LogP contribution < -0.4 is 16.4 Å². The minimum atomic E-state index is -4.64. The minimum Gasteiger partial charge on any atom is -0.477 e. The molecule has 8 nitrogen and oxygen atoms in total. The lowest BCUT2D eigenvalue weighted by atomic mass is 10.1. The summed E-state index contributed by atoms with van der Waals surface area (Å²) in [4.78, 5) is 23.2. The number of nitrogens with two attached hydrogens (primary N) is 1. The van der Waals surface area contributed by atoms with Crippen molar-refractivity contribution in [3.63, 3.8) is 0 Å². The number of hydrogen-bond donors (Lipinski definition) is 3. The van der Waals surface area contributed by atoms with Crippen LogP contribution >= 0.6 is 0 Å². The molecular formula is C18H19F3N6O2. The summed E-state index contributed by atoms with van der Waals surface area (Å²) < 4.78 is 45.3. The first-order chi connectivity index (χ1) is 13.6. The van der Waals surface area contributed by atoms with Crippen molar-refractivity contribution >= 4 is 29.3 Å². The molecule has 1 amide bonds. The summed E-state index contributed by atoms with van der Waals surface area (Å²) in [7, 11) is 0. The number of amides is 1. The number of aliphatic imine (C=N–C) groups is 1.